The molecule has 0 aliphatic carbocycles. The normalized spacial score (nSPS) is 14.4. The second-order valence-electron chi connectivity index (χ2n) is 5.00. The molecule has 0 spiro atoms. The highest BCUT2D eigenvalue weighted by Crippen LogP contribution is 2.42. The lowest BCUT2D eigenvalue weighted by Gasteiger charge is -2.15. The molecule has 2 aromatic carbocycles. The van der Waals surface area contributed by atoms with Crippen molar-refractivity contribution < 1.29 is 14.6 Å². The molecule has 0 saturated carbocycles. The van der Waals surface area contributed by atoms with Gasteiger partial charge in [-0.2, -0.15) is 0 Å². The number of rotatable bonds is 2. The lowest BCUT2D eigenvalue weighted by Crippen LogP contribution is -2.02. The van der Waals surface area contributed by atoms with Crippen LogP contribution in [0.2, 0.25) is 5.02 Å². The summed E-state index contributed by atoms with van der Waals surface area (Å²) in [6, 6.07) is 9.47. The molecule has 3 nitrogen and oxygen atoms in total. The SMILES string of the molecule is Cc1ccc(C(O)c2cc(Cl)c3c(c2)OCO3)c(C)c1. The topological polar surface area (TPSA) is 38.7 Å². The largest absolute Gasteiger partial charge is 0.454 e. The van der Waals surface area contributed by atoms with E-state index >= 15 is 0 Å². The number of aliphatic hydroxyl groups excluding tert-OH is 1. The molecule has 0 bridgehead atoms. The summed E-state index contributed by atoms with van der Waals surface area (Å²) in [6.45, 7) is 4.18. The molecular weight excluding hydrogens is 276 g/mol. The van der Waals surface area contributed by atoms with E-state index in [4.69, 9.17) is 21.1 Å². The minimum Gasteiger partial charge on any atom is -0.454 e. The number of aliphatic hydroxyl groups is 1. The fraction of sp³-hybridized carbons (Fsp3) is 0.250. The molecular formula is C16H15ClO3. The van der Waals surface area contributed by atoms with Crippen LogP contribution in [0.4, 0.5) is 0 Å². The van der Waals surface area contributed by atoms with E-state index < -0.39 is 6.10 Å². The molecule has 0 aromatic heterocycles. The van der Waals surface area contributed by atoms with E-state index in [1.807, 2.05) is 32.0 Å². The predicted octanol–water partition coefficient (Wildman–Crippen LogP) is 3.77. The van der Waals surface area contributed by atoms with Gasteiger partial charge in [-0.15, -0.1) is 0 Å². The first kappa shape index (κ1) is 13.3. The Morgan fingerprint density at radius 1 is 1.15 bits per heavy atom. The maximum atomic E-state index is 10.6. The molecule has 2 aromatic rings. The number of hydrogen-bond acceptors (Lipinski definition) is 3. The summed E-state index contributed by atoms with van der Waals surface area (Å²) in [6.07, 6.45) is -0.734. The summed E-state index contributed by atoms with van der Waals surface area (Å²) in [7, 11) is 0. The Morgan fingerprint density at radius 3 is 2.70 bits per heavy atom. The average Bonchev–Trinajstić information content (AvgIpc) is 2.87. The van der Waals surface area contributed by atoms with Crippen molar-refractivity contribution >= 4 is 11.6 Å². The number of benzene rings is 2. The lowest BCUT2D eigenvalue weighted by molar-refractivity contribution is 0.173. The molecule has 0 saturated heterocycles. The van der Waals surface area contributed by atoms with Gasteiger partial charge in [0.1, 0.15) is 6.10 Å². The third-order valence-electron chi connectivity index (χ3n) is 3.49. The van der Waals surface area contributed by atoms with Gasteiger partial charge in [-0.25, -0.2) is 0 Å². The summed E-state index contributed by atoms with van der Waals surface area (Å²) in [5.74, 6) is 1.12. The lowest BCUT2D eigenvalue weighted by atomic mass is 9.96. The number of halogens is 1. The maximum Gasteiger partial charge on any atom is 0.231 e. The molecule has 0 amide bonds. The van der Waals surface area contributed by atoms with Gasteiger partial charge in [0.25, 0.3) is 0 Å². The molecule has 3 rings (SSSR count). The summed E-state index contributed by atoms with van der Waals surface area (Å²) < 4.78 is 10.6. The van der Waals surface area contributed by atoms with Crippen LogP contribution in [0.25, 0.3) is 0 Å². The van der Waals surface area contributed by atoms with E-state index in [0.717, 1.165) is 11.1 Å². The molecule has 104 valence electrons. The first-order valence-electron chi connectivity index (χ1n) is 6.40. The minimum absolute atomic E-state index is 0.165. The van der Waals surface area contributed by atoms with Gasteiger partial charge in [0.2, 0.25) is 6.79 Å². The molecule has 4 heteroatoms. The van der Waals surface area contributed by atoms with E-state index in [0.29, 0.717) is 22.1 Å². The Morgan fingerprint density at radius 2 is 1.95 bits per heavy atom. The summed E-state index contributed by atoms with van der Waals surface area (Å²) in [5, 5.41) is 11.0. The highest BCUT2D eigenvalue weighted by atomic mass is 35.5. The van der Waals surface area contributed by atoms with Gasteiger partial charge in [0, 0.05) is 0 Å². The molecule has 1 unspecified atom stereocenters. The van der Waals surface area contributed by atoms with E-state index in [2.05, 4.69) is 0 Å². The first-order chi connectivity index (χ1) is 9.56. The second kappa shape index (κ2) is 5.00. The first-order valence-corrected chi connectivity index (χ1v) is 6.78. The van der Waals surface area contributed by atoms with Crippen LogP contribution < -0.4 is 9.47 Å². The van der Waals surface area contributed by atoms with Crippen LogP contribution in [-0.4, -0.2) is 11.9 Å². The van der Waals surface area contributed by atoms with Crippen LogP contribution in [0.1, 0.15) is 28.4 Å². The molecule has 1 heterocycles. The van der Waals surface area contributed by atoms with Gasteiger partial charge in [-0.3, -0.25) is 0 Å². The van der Waals surface area contributed by atoms with Crippen LogP contribution in [0.15, 0.2) is 30.3 Å². The Hall–Kier alpha value is -1.71. The zero-order valence-corrected chi connectivity index (χ0v) is 12.1. The second-order valence-corrected chi connectivity index (χ2v) is 5.41. The average molecular weight is 291 g/mol. The molecule has 20 heavy (non-hydrogen) atoms. The zero-order chi connectivity index (χ0) is 14.3. The van der Waals surface area contributed by atoms with Crippen molar-refractivity contribution in [3.8, 4) is 11.5 Å². The van der Waals surface area contributed by atoms with E-state index in [9.17, 15) is 5.11 Å². The van der Waals surface area contributed by atoms with Crippen molar-refractivity contribution in [2.45, 2.75) is 20.0 Å². The van der Waals surface area contributed by atoms with Crippen LogP contribution in [0, 0.1) is 13.8 Å². The smallest absolute Gasteiger partial charge is 0.231 e. The molecule has 0 radical (unpaired) electrons. The standard InChI is InChI=1S/C16H15ClO3/c1-9-3-4-12(10(2)5-9)15(18)11-6-13(17)16-14(7-11)19-8-20-16/h3-7,15,18H,8H2,1-2H3. The van der Waals surface area contributed by atoms with E-state index in [1.54, 1.807) is 12.1 Å². The quantitative estimate of drug-likeness (QED) is 0.915. The van der Waals surface area contributed by atoms with Gasteiger partial charge >= 0.3 is 0 Å². The van der Waals surface area contributed by atoms with Crippen molar-refractivity contribution in [2.75, 3.05) is 6.79 Å². The van der Waals surface area contributed by atoms with Crippen LogP contribution in [0.5, 0.6) is 11.5 Å². The Labute approximate surface area is 122 Å². The Kier molecular flexibility index (Phi) is 3.32. The van der Waals surface area contributed by atoms with Gasteiger partial charge < -0.3 is 14.6 Å². The van der Waals surface area contributed by atoms with E-state index in [1.165, 1.54) is 5.56 Å². The zero-order valence-electron chi connectivity index (χ0n) is 11.3. The van der Waals surface area contributed by atoms with Crippen LogP contribution in [-0.2, 0) is 0 Å². The van der Waals surface area contributed by atoms with Crippen LogP contribution >= 0.6 is 11.6 Å². The van der Waals surface area contributed by atoms with Crippen LogP contribution in [0.3, 0.4) is 0 Å². The summed E-state index contributed by atoms with van der Waals surface area (Å²) in [5.41, 5.74) is 3.78. The molecule has 1 atom stereocenters. The summed E-state index contributed by atoms with van der Waals surface area (Å²) in [4.78, 5) is 0. The van der Waals surface area contributed by atoms with Crippen molar-refractivity contribution in [3.05, 3.63) is 57.6 Å². The molecule has 0 fully saturated rings. The van der Waals surface area contributed by atoms with Gasteiger partial charge in [-0.1, -0.05) is 35.4 Å². The summed E-state index contributed by atoms with van der Waals surface area (Å²) >= 11 is 6.16. The molecule has 1 aliphatic rings. The number of aryl methyl sites for hydroxylation is 2. The Balaban J connectivity index is 2.02. The van der Waals surface area contributed by atoms with Gasteiger partial charge in [0.05, 0.1) is 5.02 Å². The highest BCUT2D eigenvalue weighted by Gasteiger charge is 2.22. The fourth-order valence-electron chi connectivity index (χ4n) is 2.46. The number of fused-ring (bicyclic) bond motifs is 1. The Bertz CT molecular complexity index is 667. The highest BCUT2D eigenvalue weighted by molar-refractivity contribution is 6.32. The van der Waals surface area contributed by atoms with Gasteiger partial charge in [-0.05, 0) is 42.7 Å². The van der Waals surface area contributed by atoms with Gasteiger partial charge in [0.15, 0.2) is 11.5 Å². The monoisotopic (exact) mass is 290 g/mol. The van der Waals surface area contributed by atoms with E-state index in [-0.39, 0.29) is 6.79 Å². The number of ether oxygens (including phenoxy) is 2. The third-order valence-corrected chi connectivity index (χ3v) is 3.77. The number of hydrogen-bond donors (Lipinski definition) is 1. The molecule has 1 N–H and O–H groups in total. The molecule has 1 aliphatic heterocycles. The predicted molar refractivity (Wildman–Crippen MR) is 77.6 cm³/mol. The maximum absolute atomic E-state index is 10.6. The van der Waals surface area contributed by atoms with Crippen molar-refractivity contribution in [2.24, 2.45) is 0 Å². The fourth-order valence-corrected chi connectivity index (χ4v) is 2.73. The minimum atomic E-state index is -0.734. The van der Waals surface area contributed by atoms with Crippen molar-refractivity contribution in [1.29, 1.82) is 0 Å². The third kappa shape index (κ3) is 2.23. The van der Waals surface area contributed by atoms with Crippen molar-refractivity contribution in [1.82, 2.24) is 0 Å². The van der Waals surface area contributed by atoms with Crippen molar-refractivity contribution in [3.63, 3.8) is 0 Å².